The van der Waals surface area contributed by atoms with Gasteiger partial charge in [0.2, 0.25) is 17.6 Å². The minimum Gasteiger partial charge on any atom is -0.339 e. The molecule has 142 valence electrons. The molecule has 0 radical (unpaired) electrons. The van der Waals surface area contributed by atoms with Crippen molar-refractivity contribution in [2.75, 3.05) is 13.1 Å². The van der Waals surface area contributed by atoms with Gasteiger partial charge >= 0.3 is 6.18 Å². The van der Waals surface area contributed by atoms with Crippen molar-refractivity contribution >= 4 is 11.6 Å². The Kier molecular flexibility index (Phi) is 3.89. The normalized spacial score (nSPS) is 18.0. The molecule has 0 spiro atoms. The van der Waals surface area contributed by atoms with E-state index >= 15 is 0 Å². The third-order valence-electron chi connectivity index (χ3n) is 4.39. The lowest BCUT2D eigenvalue weighted by molar-refractivity contribution is -0.157. The number of likely N-dealkylation sites (tertiary alicyclic amines) is 1. The molecule has 8 nitrogen and oxygen atoms in total. The van der Waals surface area contributed by atoms with Crippen LogP contribution < -0.4 is 0 Å². The lowest BCUT2D eigenvalue weighted by Gasteiger charge is -2.17. The van der Waals surface area contributed by atoms with E-state index in [9.17, 15) is 18.0 Å². The van der Waals surface area contributed by atoms with Gasteiger partial charge in [0.25, 0.3) is 0 Å². The van der Waals surface area contributed by atoms with Crippen LogP contribution in [-0.2, 0) is 4.79 Å². The minimum absolute atomic E-state index is 0.0943. The Balaban J connectivity index is 1.61. The molecule has 0 unspecified atom stereocenters. The number of halogens is 3. The fourth-order valence-electron chi connectivity index (χ4n) is 3.25. The summed E-state index contributed by atoms with van der Waals surface area (Å²) < 4.78 is 44.5. The van der Waals surface area contributed by atoms with Gasteiger partial charge in [0.15, 0.2) is 5.65 Å². The van der Waals surface area contributed by atoms with Gasteiger partial charge in [-0.2, -0.15) is 23.3 Å². The summed E-state index contributed by atoms with van der Waals surface area (Å²) in [5.74, 6) is -0.786. The smallest absolute Gasteiger partial charge is 0.339 e. The molecule has 4 rings (SSSR count). The van der Waals surface area contributed by atoms with Crippen molar-refractivity contribution in [3.63, 3.8) is 0 Å². The topological polar surface area (TPSA) is 89.4 Å². The molecule has 0 saturated carbocycles. The molecule has 1 aliphatic rings. The highest BCUT2D eigenvalue weighted by Gasteiger charge is 2.40. The third-order valence-corrected chi connectivity index (χ3v) is 4.39. The van der Waals surface area contributed by atoms with Gasteiger partial charge < -0.3 is 9.42 Å². The van der Waals surface area contributed by atoms with Gasteiger partial charge in [-0.25, -0.2) is 9.50 Å². The van der Waals surface area contributed by atoms with Gasteiger partial charge in [0, 0.05) is 24.4 Å². The first kappa shape index (κ1) is 17.4. The summed E-state index contributed by atoms with van der Waals surface area (Å²) >= 11 is 0. The summed E-state index contributed by atoms with van der Waals surface area (Å²) in [6.07, 6.45) is -2.98. The molecule has 3 aromatic rings. The summed E-state index contributed by atoms with van der Waals surface area (Å²) in [5.41, 5.74) is 2.79. The van der Waals surface area contributed by atoms with E-state index in [1.165, 1.54) is 0 Å². The van der Waals surface area contributed by atoms with Gasteiger partial charge in [-0.15, -0.1) is 0 Å². The van der Waals surface area contributed by atoms with Crippen LogP contribution in [0, 0.1) is 13.8 Å². The highest BCUT2D eigenvalue weighted by Crippen LogP contribution is 2.31. The molecule has 0 N–H and O–H groups in total. The number of carbonyl (C=O) groups excluding carboxylic acids is 1. The minimum atomic E-state index is -4.44. The molecular formula is C16H15F3N6O2. The first-order valence-corrected chi connectivity index (χ1v) is 8.22. The predicted molar refractivity (Wildman–Crippen MR) is 85.7 cm³/mol. The molecule has 1 aliphatic heterocycles. The SMILES string of the molecule is Cc1cc(C)n2ncc(-c3noc([C@H]4CC(=O)N(CC(F)(F)F)C4)n3)c2n1. The third kappa shape index (κ3) is 3.24. The summed E-state index contributed by atoms with van der Waals surface area (Å²) in [4.78, 5) is 21.3. The predicted octanol–water partition coefficient (Wildman–Crippen LogP) is 2.27. The van der Waals surface area contributed by atoms with Crippen molar-refractivity contribution in [2.45, 2.75) is 32.4 Å². The lowest BCUT2D eigenvalue weighted by Crippen LogP contribution is -2.35. The summed E-state index contributed by atoms with van der Waals surface area (Å²) in [7, 11) is 0. The highest BCUT2D eigenvalue weighted by molar-refractivity contribution is 5.79. The van der Waals surface area contributed by atoms with Crippen LogP contribution in [-0.4, -0.2) is 54.8 Å². The quantitative estimate of drug-likeness (QED) is 0.693. The van der Waals surface area contributed by atoms with E-state index < -0.39 is 24.5 Å². The number of carbonyl (C=O) groups is 1. The van der Waals surface area contributed by atoms with E-state index in [1.807, 2.05) is 19.9 Å². The van der Waals surface area contributed by atoms with Crippen molar-refractivity contribution in [1.82, 2.24) is 29.6 Å². The summed E-state index contributed by atoms with van der Waals surface area (Å²) in [6, 6.07) is 1.88. The van der Waals surface area contributed by atoms with E-state index in [0.29, 0.717) is 11.2 Å². The number of hydrogen-bond donors (Lipinski definition) is 0. The zero-order valence-corrected chi connectivity index (χ0v) is 14.5. The average molecular weight is 380 g/mol. The Morgan fingerprint density at radius 2 is 2.07 bits per heavy atom. The van der Waals surface area contributed by atoms with Crippen LogP contribution in [0.3, 0.4) is 0 Å². The second-order valence-corrected chi connectivity index (χ2v) is 6.58. The van der Waals surface area contributed by atoms with Gasteiger partial charge in [-0.3, -0.25) is 4.79 Å². The number of amides is 1. The lowest BCUT2D eigenvalue weighted by atomic mass is 10.1. The number of alkyl halides is 3. The zero-order valence-electron chi connectivity index (χ0n) is 14.5. The van der Waals surface area contributed by atoms with E-state index in [4.69, 9.17) is 4.52 Å². The highest BCUT2D eigenvalue weighted by atomic mass is 19.4. The number of aryl methyl sites for hydroxylation is 2. The zero-order chi connectivity index (χ0) is 19.3. The van der Waals surface area contributed by atoms with Crippen molar-refractivity contribution < 1.29 is 22.5 Å². The molecule has 0 aliphatic carbocycles. The number of rotatable bonds is 3. The van der Waals surface area contributed by atoms with E-state index in [2.05, 4.69) is 20.2 Å². The second kappa shape index (κ2) is 6.03. The number of aromatic nitrogens is 5. The van der Waals surface area contributed by atoms with Crippen LogP contribution in [0.5, 0.6) is 0 Å². The Bertz CT molecular complexity index is 1020. The maximum Gasteiger partial charge on any atom is 0.406 e. The first-order valence-electron chi connectivity index (χ1n) is 8.22. The van der Waals surface area contributed by atoms with Crippen LogP contribution in [0.15, 0.2) is 16.8 Å². The molecule has 0 aromatic carbocycles. The maximum atomic E-state index is 12.6. The van der Waals surface area contributed by atoms with Gasteiger partial charge in [0.1, 0.15) is 6.54 Å². The van der Waals surface area contributed by atoms with Crippen LogP contribution in [0.1, 0.15) is 29.6 Å². The van der Waals surface area contributed by atoms with E-state index in [0.717, 1.165) is 16.3 Å². The van der Waals surface area contributed by atoms with Gasteiger partial charge in [0.05, 0.1) is 17.7 Å². The number of hydrogen-bond acceptors (Lipinski definition) is 6. The van der Waals surface area contributed by atoms with Crippen LogP contribution in [0.25, 0.3) is 17.0 Å². The van der Waals surface area contributed by atoms with E-state index in [-0.39, 0.29) is 24.7 Å². The molecule has 4 heterocycles. The standard InChI is InChI=1S/C16H15F3N6O2/c1-8-3-9(2)25-14(21-8)11(5-20-25)13-22-15(27-23-13)10-4-12(26)24(6-10)7-16(17,18)19/h3,5,10H,4,6-7H2,1-2H3/t10-/m0/s1. The van der Waals surface area contributed by atoms with Gasteiger partial charge in [-0.1, -0.05) is 5.16 Å². The summed E-state index contributed by atoms with van der Waals surface area (Å²) in [5, 5.41) is 8.16. The molecule has 1 fully saturated rings. The van der Waals surface area contributed by atoms with Crippen molar-refractivity contribution in [1.29, 1.82) is 0 Å². The van der Waals surface area contributed by atoms with Gasteiger partial charge in [-0.05, 0) is 19.9 Å². The molecule has 3 aromatic heterocycles. The molecule has 1 amide bonds. The Hall–Kier alpha value is -2.98. The maximum absolute atomic E-state index is 12.6. The Morgan fingerprint density at radius 3 is 2.81 bits per heavy atom. The number of nitrogens with zero attached hydrogens (tertiary/aromatic N) is 6. The van der Waals surface area contributed by atoms with Crippen molar-refractivity contribution in [3.05, 3.63) is 29.5 Å². The van der Waals surface area contributed by atoms with Crippen LogP contribution >= 0.6 is 0 Å². The largest absolute Gasteiger partial charge is 0.406 e. The van der Waals surface area contributed by atoms with E-state index in [1.54, 1.807) is 10.7 Å². The Morgan fingerprint density at radius 1 is 1.30 bits per heavy atom. The summed E-state index contributed by atoms with van der Waals surface area (Å²) in [6.45, 7) is 2.36. The monoisotopic (exact) mass is 380 g/mol. The number of fused-ring (bicyclic) bond motifs is 1. The molecule has 1 saturated heterocycles. The van der Waals surface area contributed by atoms with Crippen molar-refractivity contribution in [2.24, 2.45) is 0 Å². The van der Waals surface area contributed by atoms with Crippen LogP contribution in [0.2, 0.25) is 0 Å². The fourth-order valence-corrected chi connectivity index (χ4v) is 3.25. The molecule has 1 atom stereocenters. The molecular weight excluding hydrogens is 365 g/mol. The fraction of sp³-hybridized carbons (Fsp3) is 0.438. The molecule has 27 heavy (non-hydrogen) atoms. The second-order valence-electron chi connectivity index (χ2n) is 6.58. The molecule has 11 heteroatoms. The van der Waals surface area contributed by atoms with Crippen molar-refractivity contribution in [3.8, 4) is 11.4 Å². The first-order chi connectivity index (χ1) is 12.7. The van der Waals surface area contributed by atoms with Crippen LogP contribution in [0.4, 0.5) is 13.2 Å². The molecule has 0 bridgehead atoms. The average Bonchev–Trinajstić information content (AvgIpc) is 3.24. The Labute approximate surface area is 151 Å².